The predicted octanol–water partition coefficient (Wildman–Crippen LogP) is 2.67. The molecule has 4 nitrogen and oxygen atoms in total. The van der Waals surface area contributed by atoms with Gasteiger partial charge in [-0.1, -0.05) is 20.8 Å². The lowest BCUT2D eigenvalue weighted by molar-refractivity contribution is -0.488. The first-order valence-corrected chi connectivity index (χ1v) is 7.77. The fourth-order valence-corrected chi connectivity index (χ4v) is 2.36. The van der Waals surface area contributed by atoms with E-state index in [1.165, 1.54) is 0 Å². The highest BCUT2D eigenvalue weighted by Gasteiger charge is 2.39. The summed E-state index contributed by atoms with van der Waals surface area (Å²) in [6.45, 7) is 12.2. The van der Waals surface area contributed by atoms with Crippen molar-refractivity contribution in [3.63, 3.8) is 0 Å². The Bertz CT molecular complexity index is 211. The monoisotopic (exact) mass is 219 g/mol. The maximum atomic E-state index is 10.3. The molecule has 0 spiro atoms. The van der Waals surface area contributed by atoms with Crippen LogP contribution in [-0.4, -0.2) is 25.9 Å². The zero-order valence-electron chi connectivity index (χ0n) is 9.96. The van der Waals surface area contributed by atoms with Gasteiger partial charge in [0.05, 0.1) is 0 Å². The molecule has 0 aliphatic heterocycles. The van der Waals surface area contributed by atoms with Crippen molar-refractivity contribution < 1.29 is 9.35 Å². The molecule has 0 heterocycles. The van der Waals surface area contributed by atoms with Gasteiger partial charge in [0.25, 0.3) is 0 Å². The molecule has 1 atom stereocenters. The van der Waals surface area contributed by atoms with Gasteiger partial charge < -0.3 is 4.43 Å². The minimum absolute atomic E-state index is 0.105. The lowest BCUT2D eigenvalue weighted by atomic mass is 10.2. The molecule has 0 fully saturated rings. The standard InChI is InChI=1S/C9H21NO3Si/c1-8(7-10(11)12)13-14(5,6)9(2,3)4/h8H,7H2,1-6H3/t8-/m0/s1. The van der Waals surface area contributed by atoms with Gasteiger partial charge in [0.2, 0.25) is 6.54 Å². The van der Waals surface area contributed by atoms with Gasteiger partial charge in [0, 0.05) is 4.92 Å². The van der Waals surface area contributed by atoms with E-state index in [1.807, 2.05) is 0 Å². The first-order chi connectivity index (χ1) is 6.06. The van der Waals surface area contributed by atoms with E-state index in [2.05, 4.69) is 33.9 Å². The molecule has 0 bridgehead atoms. The van der Waals surface area contributed by atoms with Crippen LogP contribution in [0.3, 0.4) is 0 Å². The molecule has 84 valence electrons. The normalized spacial score (nSPS) is 15.3. The Morgan fingerprint density at radius 3 is 2.14 bits per heavy atom. The smallest absolute Gasteiger partial charge is 0.228 e. The molecule has 0 aromatic carbocycles. The lowest BCUT2D eigenvalue weighted by Gasteiger charge is -2.37. The van der Waals surface area contributed by atoms with Crippen LogP contribution in [0.4, 0.5) is 0 Å². The lowest BCUT2D eigenvalue weighted by Crippen LogP contribution is -2.44. The van der Waals surface area contributed by atoms with E-state index in [4.69, 9.17) is 4.43 Å². The van der Waals surface area contributed by atoms with E-state index in [0.717, 1.165) is 0 Å². The SMILES string of the molecule is C[C@@H](C[N+](=O)[O-])O[Si](C)(C)C(C)(C)C. The molecule has 0 rings (SSSR count). The van der Waals surface area contributed by atoms with Crippen molar-refractivity contribution in [3.05, 3.63) is 10.1 Å². The molecule has 0 radical (unpaired) electrons. The summed E-state index contributed by atoms with van der Waals surface area (Å²) >= 11 is 0. The summed E-state index contributed by atoms with van der Waals surface area (Å²) in [7, 11) is -1.84. The Kier molecular flexibility index (Phi) is 4.27. The third-order valence-corrected chi connectivity index (χ3v) is 7.31. The van der Waals surface area contributed by atoms with Crippen LogP contribution in [0.5, 0.6) is 0 Å². The van der Waals surface area contributed by atoms with Crippen LogP contribution >= 0.6 is 0 Å². The molecular weight excluding hydrogens is 198 g/mol. The van der Waals surface area contributed by atoms with Crippen molar-refractivity contribution in [3.8, 4) is 0 Å². The zero-order chi connectivity index (χ0) is 11.6. The maximum absolute atomic E-state index is 10.3. The van der Waals surface area contributed by atoms with Crippen LogP contribution in [0.2, 0.25) is 18.1 Å². The molecule has 0 unspecified atom stereocenters. The van der Waals surface area contributed by atoms with Crippen LogP contribution in [-0.2, 0) is 4.43 Å². The summed E-state index contributed by atoms with van der Waals surface area (Å²) < 4.78 is 5.81. The highest BCUT2D eigenvalue weighted by Crippen LogP contribution is 2.37. The maximum Gasteiger partial charge on any atom is 0.228 e. The molecule has 0 aliphatic carbocycles. The molecule has 5 heteroatoms. The summed E-state index contributed by atoms with van der Waals surface area (Å²) in [5, 5.41) is 10.4. The van der Waals surface area contributed by atoms with Gasteiger partial charge in [-0.2, -0.15) is 0 Å². The zero-order valence-corrected chi connectivity index (χ0v) is 11.0. The largest absolute Gasteiger partial charge is 0.408 e. The summed E-state index contributed by atoms with van der Waals surface area (Å²) in [6, 6.07) is 0. The second-order valence-electron chi connectivity index (χ2n) is 5.20. The average Bonchev–Trinajstić information content (AvgIpc) is 1.79. The topological polar surface area (TPSA) is 52.4 Å². The molecule has 0 aromatic rings. The minimum atomic E-state index is -1.84. The number of rotatable bonds is 4. The minimum Gasteiger partial charge on any atom is -0.408 e. The molecule has 0 N–H and O–H groups in total. The fourth-order valence-electron chi connectivity index (χ4n) is 0.927. The van der Waals surface area contributed by atoms with Crippen molar-refractivity contribution in [2.24, 2.45) is 0 Å². The number of nitro groups is 1. The quantitative estimate of drug-likeness (QED) is 0.415. The third kappa shape index (κ3) is 4.19. The summed E-state index contributed by atoms with van der Waals surface area (Å²) in [4.78, 5) is 9.96. The second kappa shape index (κ2) is 4.40. The predicted molar refractivity (Wildman–Crippen MR) is 59.6 cm³/mol. The summed E-state index contributed by atoms with van der Waals surface area (Å²) in [5.74, 6) is 0. The van der Waals surface area contributed by atoms with Gasteiger partial charge in [-0.05, 0) is 25.1 Å². The Hall–Kier alpha value is -0.423. The van der Waals surface area contributed by atoms with Gasteiger partial charge in [0.1, 0.15) is 6.10 Å². The van der Waals surface area contributed by atoms with Crippen molar-refractivity contribution in [1.29, 1.82) is 0 Å². The molecule has 0 saturated heterocycles. The van der Waals surface area contributed by atoms with Crippen LogP contribution in [0, 0.1) is 10.1 Å². The first-order valence-electron chi connectivity index (χ1n) is 4.86. The number of nitrogens with zero attached hydrogens (tertiary/aromatic N) is 1. The Morgan fingerprint density at radius 1 is 1.43 bits per heavy atom. The van der Waals surface area contributed by atoms with E-state index < -0.39 is 8.32 Å². The van der Waals surface area contributed by atoms with Crippen LogP contribution in [0.15, 0.2) is 0 Å². The van der Waals surface area contributed by atoms with Crippen LogP contribution in [0.1, 0.15) is 27.7 Å². The molecule has 0 saturated carbocycles. The van der Waals surface area contributed by atoms with Crippen molar-refractivity contribution >= 4 is 8.32 Å². The van der Waals surface area contributed by atoms with E-state index in [9.17, 15) is 10.1 Å². The number of hydrogen-bond acceptors (Lipinski definition) is 3. The second-order valence-corrected chi connectivity index (χ2v) is 9.96. The molecular formula is C9H21NO3Si. The van der Waals surface area contributed by atoms with E-state index in [1.54, 1.807) is 6.92 Å². The fraction of sp³-hybridized carbons (Fsp3) is 1.00. The highest BCUT2D eigenvalue weighted by molar-refractivity contribution is 6.74. The highest BCUT2D eigenvalue weighted by atomic mass is 28.4. The molecule has 14 heavy (non-hydrogen) atoms. The van der Waals surface area contributed by atoms with Gasteiger partial charge in [0.15, 0.2) is 8.32 Å². The Balaban J connectivity index is 4.29. The van der Waals surface area contributed by atoms with Gasteiger partial charge >= 0.3 is 0 Å². The molecule has 0 aromatic heterocycles. The Labute approximate surface area is 86.9 Å². The third-order valence-electron chi connectivity index (χ3n) is 2.71. The van der Waals surface area contributed by atoms with Crippen molar-refractivity contribution in [2.45, 2.75) is 51.9 Å². The van der Waals surface area contributed by atoms with Gasteiger partial charge in [-0.25, -0.2) is 0 Å². The van der Waals surface area contributed by atoms with E-state index >= 15 is 0 Å². The van der Waals surface area contributed by atoms with E-state index in [-0.39, 0.29) is 22.6 Å². The summed E-state index contributed by atoms with van der Waals surface area (Å²) in [6.07, 6.45) is -0.286. The van der Waals surface area contributed by atoms with Crippen LogP contribution < -0.4 is 0 Å². The van der Waals surface area contributed by atoms with Crippen molar-refractivity contribution in [2.75, 3.05) is 6.54 Å². The summed E-state index contributed by atoms with van der Waals surface area (Å²) in [5.41, 5.74) is 0. The van der Waals surface area contributed by atoms with E-state index in [0.29, 0.717) is 0 Å². The van der Waals surface area contributed by atoms with Gasteiger partial charge in [-0.15, -0.1) is 0 Å². The van der Waals surface area contributed by atoms with Crippen molar-refractivity contribution in [1.82, 2.24) is 0 Å². The molecule has 0 amide bonds. The Morgan fingerprint density at radius 2 is 1.86 bits per heavy atom. The van der Waals surface area contributed by atoms with Gasteiger partial charge in [-0.3, -0.25) is 10.1 Å². The average molecular weight is 219 g/mol. The molecule has 0 aliphatic rings. The first kappa shape index (κ1) is 13.6. The van der Waals surface area contributed by atoms with Crippen LogP contribution in [0.25, 0.3) is 0 Å². The number of hydrogen-bond donors (Lipinski definition) is 0.